The number of nitrogens with one attached hydrogen (secondary N) is 2. The molecule has 0 fully saturated rings. The number of carbonyl (C=O) groups is 2. The molecule has 0 atom stereocenters. The average molecular weight is 699 g/mol. The van der Waals surface area contributed by atoms with Crippen molar-refractivity contribution in [3.8, 4) is 12.3 Å². The molecule has 0 radical (unpaired) electrons. The summed E-state index contributed by atoms with van der Waals surface area (Å²) in [6.45, 7) is 18.3. The van der Waals surface area contributed by atoms with Gasteiger partial charge in [0.15, 0.2) is 0 Å². The Hall–Kier alpha value is -3.33. The molecule has 10 nitrogen and oxygen atoms in total. The molecule has 0 aromatic heterocycles. The summed E-state index contributed by atoms with van der Waals surface area (Å²) in [5, 5.41) is 6.36. The molecule has 50 heavy (non-hydrogen) atoms. The SMILES string of the molecule is C#CCOCCOCCOCCOCCNCCCCNC(=O)c1ccc(CCC(=C/C)/C(C(=O)N=C(N)CCC)=C(/C)CCC)cc1.CC. The number of nitrogens with zero attached hydrogens (tertiary/aromatic N) is 1. The molecule has 0 unspecified atom stereocenters. The number of ether oxygens (including phenoxy) is 4. The van der Waals surface area contributed by atoms with Gasteiger partial charge in [0.05, 0.1) is 46.2 Å². The third kappa shape index (κ3) is 23.1. The van der Waals surface area contributed by atoms with Crippen LogP contribution >= 0.6 is 0 Å². The second-order valence-corrected chi connectivity index (χ2v) is 11.4. The summed E-state index contributed by atoms with van der Waals surface area (Å²) in [4.78, 5) is 30.0. The number of unbranched alkanes of at least 4 members (excludes halogenated alkanes) is 1. The van der Waals surface area contributed by atoms with Crippen molar-refractivity contribution in [2.45, 2.75) is 92.9 Å². The maximum absolute atomic E-state index is 13.1. The molecule has 0 heterocycles. The smallest absolute Gasteiger partial charge is 0.278 e. The van der Waals surface area contributed by atoms with E-state index in [1.54, 1.807) is 0 Å². The Morgan fingerprint density at radius 3 is 2.00 bits per heavy atom. The van der Waals surface area contributed by atoms with Crippen LogP contribution in [0.25, 0.3) is 0 Å². The van der Waals surface area contributed by atoms with Gasteiger partial charge < -0.3 is 35.3 Å². The van der Waals surface area contributed by atoms with Crippen LogP contribution in [0.5, 0.6) is 0 Å². The summed E-state index contributed by atoms with van der Waals surface area (Å²) in [5.74, 6) is 2.45. The number of amides is 2. The number of aliphatic imine (C=N–C) groups is 1. The zero-order chi connectivity index (χ0) is 37.2. The van der Waals surface area contributed by atoms with Crippen LogP contribution in [-0.2, 0) is 30.2 Å². The van der Waals surface area contributed by atoms with Gasteiger partial charge in [0.1, 0.15) is 12.4 Å². The van der Waals surface area contributed by atoms with Crippen molar-refractivity contribution in [2.75, 3.05) is 72.5 Å². The molecule has 0 aliphatic rings. The first-order valence-corrected chi connectivity index (χ1v) is 18.4. The molecule has 0 saturated heterocycles. The molecule has 2 amide bonds. The van der Waals surface area contributed by atoms with Gasteiger partial charge in [0, 0.05) is 30.6 Å². The Morgan fingerprint density at radius 1 is 0.840 bits per heavy atom. The molecule has 1 aromatic rings. The molecule has 0 spiro atoms. The van der Waals surface area contributed by atoms with E-state index in [2.05, 4.69) is 28.5 Å². The summed E-state index contributed by atoms with van der Waals surface area (Å²) in [5.41, 5.74) is 10.4. The van der Waals surface area contributed by atoms with Crippen LogP contribution in [0.4, 0.5) is 0 Å². The molecule has 282 valence electrons. The minimum Gasteiger partial charge on any atom is -0.387 e. The summed E-state index contributed by atoms with van der Waals surface area (Å²) >= 11 is 0. The topological polar surface area (TPSA) is 134 Å². The highest BCUT2D eigenvalue weighted by Gasteiger charge is 2.17. The molecule has 10 heteroatoms. The van der Waals surface area contributed by atoms with Crippen LogP contribution < -0.4 is 16.4 Å². The lowest BCUT2D eigenvalue weighted by Gasteiger charge is -2.14. The molecule has 1 aromatic carbocycles. The third-order valence-corrected chi connectivity index (χ3v) is 7.38. The Bertz CT molecular complexity index is 1170. The molecular formula is C40H66N4O6. The van der Waals surface area contributed by atoms with Gasteiger partial charge in [0.2, 0.25) is 0 Å². The average Bonchev–Trinajstić information content (AvgIpc) is 3.12. The number of allylic oxidation sites excluding steroid dienone is 2. The fraction of sp³-hybridized carbons (Fsp3) is 0.625. The molecular weight excluding hydrogens is 632 g/mol. The van der Waals surface area contributed by atoms with Crippen LogP contribution in [0.1, 0.15) is 102 Å². The van der Waals surface area contributed by atoms with Gasteiger partial charge in [-0.05, 0) is 82.2 Å². The van der Waals surface area contributed by atoms with Crippen molar-refractivity contribution < 1.29 is 28.5 Å². The van der Waals surface area contributed by atoms with Gasteiger partial charge >= 0.3 is 0 Å². The number of terminal acetylenes is 1. The van der Waals surface area contributed by atoms with Crippen molar-refractivity contribution in [3.05, 3.63) is 58.2 Å². The maximum Gasteiger partial charge on any atom is 0.278 e. The standard InChI is InChI=1S/C38H60N4O6.C2H6/c1-6-12-31(5)36(38(44)42-35(39)13-7-2)33(9-4)17-14-32-15-18-34(19-16-32)37(43)41-21-11-10-20-40-22-24-46-26-28-48-30-29-47-27-25-45-23-8-3;1-2/h3,9,15-16,18-19,40H,6-7,10-14,17,20-30H2,1-2,4-5H3,(H,41,43)(H2,39,42,44);1-2H3/b33-9-,36-31+;. The van der Waals surface area contributed by atoms with Gasteiger partial charge in [-0.3, -0.25) is 9.59 Å². The first-order valence-electron chi connectivity index (χ1n) is 18.4. The van der Waals surface area contributed by atoms with Crippen LogP contribution in [-0.4, -0.2) is 90.1 Å². The van der Waals surface area contributed by atoms with Gasteiger partial charge in [-0.1, -0.05) is 63.8 Å². The number of nitrogens with two attached hydrogens (primary N) is 1. The van der Waals surface area contributed by atoms with Crippen LogP contribution in [0, 0.1) is 12.3 Å². The minimum absolute atomic E-state index is 0.0755. The van der Waals surface area contributed by atoms with Crippen LogP contribution in [0.15, 0.2) is 52.1 Å². The molecule has 1 rings (SSSR count). The van der Waals surface area contributed by atoms with E-state index in [-0.39, 0.29) is 11.8 Å². The Morgan fingerprint density at radius 2 is 1.42 bits per heavy atom. The minimum atomic E-state index is -0.257. The number of aryl methyl sites for hydroxylation is 1. The van der Waals surface area contributed by atoms with E-state index in [1.165, 1.54) is 0 Å². The number of carbonyl (C=O) groups excluding carboxylic acids is 2. The lowest BCUT2D eigenvalue weighted by molar-refractivity contribution is -0.114. The number of hydrogen-bond donors (Lipinski definition) is 3. The van der Waals surface area contributed by atoms with E-state index in [0.29, 0.717) is 89.2 Å². The van der Waals surface area contributed by atoms with Gasteiger partial charge in [-0.15, -0.1) is 6.42 Å². The highest BCUT2D eigenvalue weighted by Crippen LogP contribution is 2.25. The zero-order valence-corrected chi connectivity index (χ0v) is 31.9. The number of amidine groups is 1. The fourth-order valence-electron chi connectivity index (χ4n) is 4.85. The highest BCUT2D eigenvalue weighted by molar-refractivity contribution is 6.05. The maximum atomic E-state index is 13.1. The lowest BCUT2D eigenvalue weighted by Crippen LogP contribution is -2.26. The summed E-state index contributed by atoms with van der Waals surface area (Å²) < 4.78 is 21.5. The zero-order valence-electron chi connectivity index (χ0n) is 31.9. The second-order valence-electron chi connectivity index (χ2n) is 11.4. The largest absolute Gasteiger partial charge is 0.387 e. The lowest BCUT2D eigenvalue weighted by atomic mass is 9.92. The van der Waals surface area contributed by atoms with E-state index in [0.717, 1.165) is 68.3 Å². The van der Waals surface area contributed by atoms with Crippen LogP contribution in [0.2, 0.25) is 0 Å². The number of hydrogen-bond acceptors (Lipinski definition) is 7. The number of benzene rings is 1. The summed E-state index contributed by atoms with van der Waals surface area (Å²) in [7, 11) is 0. The Labute approximate surface area is 303 Å². The quantitative estimate of drug-likeness (QED) is 0.0236. The predicted octanol–water partition coefficient (Wildman–Crippen LogP) is 6.19. The molecule has 0 saturated carbocycles. The van der Waals surface area contributed by atoms with Gasteiger partial charge in [-0.25, -0.2) is 0 Å². The van der Waals surface area contributed by atoms with E-state index < -0.39 is 0 Å². The van der Waals surface area contributed by atoms with Gasteiger partial charge in [-0.2, -0.15) is 4.99 Å². The van der Waals surface area contributed by atoms with Crippen molar-refractivity contribution in [2.24, 2.45) is 10.7 Å². The molecule has 4 N–H and O–H groups in total. The molecule has 0 aliphatic heterocycles. The van der Waals surface area contributed by atoms with Crippen molar-refractivity contribution in [1.82, 2.24) is 10.6 Å². The number of rotatable bonds is 28. The van der Waals surface area contributed by atoms with E-state index in [4.69, 9.17) is 31.1 Å². The van der Waals surface area contributed by atoms with Crippen LogP contribution in [0.3, 0.4) is 0 Å². The van der Waals surface area contributed by atoms with E-state index >= 15 is 0 Å². The third-order valence-electron chi connectivity index (χ3n) is 7.38. The van der Waals surface area contributed by atoms with Crippen molar-refractivity contribution in [3.63, 3.8) is 0 Å². The Balaban J connectivity index is 0.0000118. The summed E-state index contributed by atoms with van der Waals surface area (Å²) in [6.07, 6.45) is 13.6. The Kier molecular flexibility index (Phi) is 30.7. The second kappa shape index (κ2) is 32.9. The monoisotopic (exact) mass is 698 g/mol. The van der Waals surface area contributed by atoms with Gasteiger partial charge in [0.25, 0.3) is 11.8 Å². The predicted molar refractivity (Wildman–Crippen MR) is 206 cm³/mol. The normalized spacial score (nSPS) is 12.1. The first kappa shape index (κ1) is 46.7. The molecule has 0 bridgehead atoms. The van der Waals surface area contributed by atoms with Crippen molar-refractivity contribution >= 4 is 17.6 Å². The van der Waals surface area contributed by atoms with E-state index in [9.17, 15) is 9.59 Å². The molecule has 0 aliphatic carbocycles. The fourth-order valence-corrected chi connectivity index (χ4v) is 4.85. The first-order chi connectivity index (χ1) is 24.4. The summed E-state index contributed by atoms with van der Waals surface area (Å²) in [6, 6.07) is 7.69. The highest BCUT2D eigenvalue weighted by atomic mass is 16.6. The van der Waals surface area contributed by atoms with Crippen molar-refractivity contribution in [1.29, 1.82) is 0 Å². The van der Waals surface area contributed by atoms with E-state index in [1.807, 2.05) is 65.0 Å².